The number of nitrogens with zero attached hydrogens (tertiary/aromatic N) is 1. The summed E-state index contributed by atoms with van der Waals surface area (Å²) in [5.41, 5.74) is 4.62. The van der Waals surface area contributed by atoms with Crippen molar-refractivity contribution in [3.05, 3.63) is 65.2 Å². The molecule has 3 aromatic rings. The van der Waals surface area contributed by atoms with Crippen molar-refractivity contribution in [3.8, 4) is 5.75 Å². The fraction of sp³-hybridized carbons (Fsp3) is 0.0588. The zero-order chi connectivity index (χ0) is 18.2. The molecule has 0 aliphatic carbocycles. The molecule has 2 aromatic carbocycles. The van der Waals surface area contributed by atoms with Gasteiger partial charge in [-0.15, -0.1) is 0 Å². The van der Waals surface area contributed by atoms with E-state index < -0.39 is 17.6 Å². The minimum atomic E-state index is -4.52. The highest BCUT2D eigenvalue weighted by Gasteiger charge is 2.30. The van der Waals surface area contributed by atoms with Crippen LogP contribution in [0.5, 0.6) is 5.75 Å². The molecular weight excluding hydrogens is 337 g/mol. The third-order valence-electron chi connectivity index (χ3n) is 3.42. The van der Waals surface area contributed by atoms with Crippen LogP contribution in [0, 0.1) is 0 Å². The summed E-state index contributed by atoms with van der Waals surface area (Å²) in [5.74, 6) is -0.857. The van der Waals surface area contributed by atoms with E-state index in [0.29, 0.717) is 5.69 Å². The van der Waals surface area contributed by atoms with Crippen molar-refractivity contribution in [1.82, 2.24) is 0 Å². The Morgan fingerprint density at radius 1 is 1.08 bits per heavy atom. The minimum Gasteiger partial charge on any atom is -0.508 e. The predicted molar refractivity (Wildman–Crippen MR) is 83.1 cm³/mol. The topological polar surface area (TPSA) is 88.8 Å². The second kappa shape index (κ2) is 5.97. The van der Waals surface area contributed by atoms with E-state index in [1.807, 2.05) is 0 Å². The van der Waals surface area contributed by atoms with Gasteiger partial charge >= 0.3 is 6.18 Å². The number of hydrogen-bond donors (Lipinski definition) is 2. The first-order valence-electron chi connectivity index (χ1n) is 7.03. The normalized spacial score (nSPS) is 12.5. The summed E-state index contributed by atoms with van der Waals surface area (Å²) >= 11 is 0. The average molecular weight is 348 g/mol. The molecular formula is C17H11F3N2O3. The van der Waals surface area contributed by atoms with Crippen LogP contribution in [-0.4, -0.2) is 11.0 Å². The van der Waals surface area contributed by atoms with Crippen molar-refractivity contribution < 1.29 is 27.5 Å². The summed E-state index contributed by atoms with van der Waals surface area (Å²) in [7, 11) is 0. The number of carbonyl (C=O) groups is 1. The fourth-order valence-electron chi connectivity index (χ4n) is 2.21. The molecule has 1 aromatic heterocycles. The highest BCUT2D eigenvalue weighted by atomic mass is 19.4. The molecule has 0 aliphatic rings. The number of halogens is 3. The second-order valence-electron chi connectivity index (χ2n) is 5.21. The largest absolute Gasteiger partial charge is 0.508 e. The van der Waals surface area contributed by atoms with Crippen molar-refractivity contribution in [1.29, 1.82) is 0 Å². The van der Waals surface area contributed by atoms with Crippen molar-refractivity contribution in [2.75, 3.05) is 0 Å². The molecule has 1 heterocycles. The number of fused-ring (bicyclic) bond motifs is 1. The molecule has 128 valence electrons. The van der Waals surface area contributed by atoms with Crippen LogP contribution < -0.4 is 11.3 Å². The minimum absolute atomic E-state index is 0.0317. The van der Waals surface area contributed by atoms with E-state index in [9.17, 15) is 23.1 Å². The number of amides is 1. The number of rotatable bonds is 2. The molecule has 8 heteroatoms. The Hall–Kier alpha value is -3.29. The van der Waals surface area contributed by atoms with Crippen LogP contribution in [0.2, 0.25) is 0 Å². The number of carbonyl (C=O) groups excluding carboxylic acids is 1. The Balaban J connectivity index is 2.23. The number of primary amides is 1. The lowest BCUT2D eigenvalue weighted by molar-refractivity contribution is -0.137. The molecule has 0 saturated heterocycles. The number of aromatic hydroxyl groups is 1. The van der Waals surface area contributed by atoms with Gasteiger partial charge in [-0.3, -0.25) is 4.79 Å². The van der Waals surface area contributed by atoms with Crippen molar-refractivity contribution in [2.45, 2.75) is 6.18 Å². The van der Waals surface area contributed by atoms with Crippen LogP contribution in [0.1, 0.15) is 15.9 Å². The van der Waals surface area contributed by atoms with Gasteiger partial charge in [-0.05, 0) is 48.5 Å². The summed E-state index contributed by atoms with van der Waals surface area (Å²) in [4.78, 5) is 15.8. The van der Waals surface area contributed by atoms with E-state index in [0.717, 1.165) is 18.2 Å². The van der Waals surface area contributed by atoms with Crippen LogP contribution in [0.4, 0.5) is 18.9 Å². The highest BCUT2D eigenvalue weighted by Crippen LogP contribution is 2.31. The van der Waals surface area contributed by atoms with E-state index in [2.05, 4.69) is 4.99 Å². The molecule has 3 N–H and O–H groups in total. The lowest BCUT2D eigenvalue weighted by atomic mass is 10.1. The molecule has 25 heavy (non-hydrogen) atoms. The number of nitrogens with two attached hydrogens (primary N) is 1. The van der Waals surface area contributed by atoms with Gasteiger partial charge in [-0.25, -0.2) is 4.99 Å². The fourth-order valence-corrected chi connectivity index (χ4v) is 2.21. The molecule has 0 fully saturated rings. The van der Waals surface area contributed by atoms with Gasteiger partial charge in [0.25, 0.3) is 5.91 Å². The van der Waals surface area contributed by atoms with E-state index in [1.54, 1.807) is 0 Å². The Morgan fingerprint density at radius 3 is 2.36 bits per heavy atom. The van der Waals surface area contributed by atoms with Gasteiger partial charge in [0.1, 0.15) is 16.9 Å². The standard InChI is InChI=1S/C17H11F3N2O3/c18-17(19,20)10-1-6-14-9(7-10)8-13(15(21)24)16(25-14)22-11-2-4-12(23)5-3-11/h1-8,23H,(H2,21,24). The van der Waals surface area contributed by atoms with Gasteiger partial charge in [0.05, 0.1) is 11.3 Å². The molecule has 0 spiro atoms. The lowest BCUT2D eigenvalue weighted by Crippen LogP contribution is -2.21. The smallest absolute Gasteiger partial charge is 0.416 e. The molecule has 0 unspecified atom stereocenters. The third kappa shape index (κ3) is 3.47. The molecule has 3 rings (SSSR count). The maximum Gasteiger partial charge on any atom is 0.416 e. The Morgan fingerprint density at radius 2 is 1.76 bits per heavy atom. The molecule has 0 aliphatic heterocycles. The first-order valence-corrected chi connectivity index (χ1v) is 7.03. The molecule has 0 bridgehead atoms. The zero-order valence-corrected chi connectivity index (χ0v) is 12.5. The van der Waals surface area contributed by atoms with Gasteiger partial charge in [0.15, 0.2) is 0 Å². The first kappa shape index (κ1) is 16.6. The van der Waals surface area contributed by atoms with Crippen LogP contribution in [0.25, 0.3) is 11.0 Å². The van der Waals surface area contributed by atoms with Crippen molar-refractivity contribution in [2.24, 2.45) is 10.7 Å². The Bertz CT molecular complexity index is 1020. The maximum absolute atomic E-state index is 12.8. The van der Waals surface area contributed by atoms with E-state index >= 15 is 0 Å². The Labute approximate surface area is 138 Å². The van der Waals surface area contributed by atoms with Gasteiger partial charge in [0, 0.05) is 5.39 Å². The van der Waals surface area contributed by atoms with Crippen LogP contribution in [-0.2, 0) is 6.18 Å². The van der Waals surface area contributed by atoms with E-state index in [4.69, 9.17) is 10.2 Å². The van der Waals surface area contributed by atoms with Gasteiger partial charge in [-0.1, -0.05) is 0 Å². The summed E-state index contributed by atoms with van der Waals surface area (Å²) < 4.78 is 43.9. The molecule has 1 amide bonds. The number of alkyl halides is 3. The van der Waals surface area contributed by atoms with Crippen LogP contribution >= 0.6 is 0 Å². The third-order valence-corrected chi connectivity index (χ3v) is 3.42. The average Bonchev–Trinajstić information content (AvgIpc) is 2.55. The van der Waals surface area contributed by atoms with Crippen LogP contribution in [0.15, 0.2) is 57.9 Å². The molecule has 0 radical (unpaired) electrons. The lowest BCUT2D eigenvalue weighted by Gasteiger charge is -2.08. The number of hydrogen-bond acceptors (Lipinski definition) is 4. The summed E-state index contributed by atoms with van der Waals surface area (Å²) in [6.07, 6.45) is -4.52. The van der Waals surface area contributed by atoms with Crippen LogP contribution in [0.3, 0.4) is 0 Å². The van der Waals surface area contributed by atoms with Gasteiger partial charge in [-0.2, -0.15) is 13.2 Å². The Kier molecular flexibility index (Phi) is 3.96. The monoisotopic (exact) mass is 348 g/mol. The van der Waals surface area contributed by atoms with Crippen molar-refractivity contribution >= 4 is 22.6 Å². The SMILES string of the molecule is NC(=O)c1cc2cc(C(F)(F)F)ccc2oc1=Nc1ccc(O)cc1. The zero-order valence-electron chi connectivity index (χ0n) is 12.5. The summed E-state index contributed by atoms with van der Waals surface area (Å²) in [6.45, 7) is 0. The number of benzene rings is 2. The number of phenolic OH excluding ortho intramolecular Hbond substituents is 1. The molecule has 0 saturated carbocycles. The number of phenols is 1. The van der Waals surface area contributed by atoms with Crippen molar-refractivity contribution in [3.63, 3.8) is 0 Å². The summed E-state index contributed by atoms with van der Waals surface area (Å²) in [6, 6.07) is 9.84. The van der Waals surface area contributed by atoms with Gasteiger partial charge < -0.3 is 15.3 Å². The van der Waals surface area contributed by atoms with E-state index in [-0.39, 0.29) is 27.8 Å². The molecule has 0 atom stereocenters. The van der Waals surface area contributed by atoms with E-state index in [1.165, 1.54) is 30.3 Å². The predicted octanol–water partition coefficient (Wildman–Crippen LogP) is 3.49. The molecule has 5 nitrogen and oxygen atoms in total. The highest BCUT2D eigenvalue weighted by molar-refractivity contribution is 5.95. The second-order valence-corrected chi connectivity index (χ2v) is 5.21. The van der Waals surface area contributed by atoms with Gasteiger partial charge in [0.2, 0.25) is 5.55 Å². The quantitative estimate of drug-likeness (QED) is 0.743. The maximum atomic E-state index is 12.8. The summed E-state index contributed by atoms with van der Waals surface area (Å²) in [5, 5.41) is 9.34. The first-order chi connectivity index (χ1) is 11.7.